The summed E-state index contributed by atoms with van der Waals surface area (Å²) < 4.78 is 27.7. The average molecular weight is 308 g/mol. The monoisotopic (exact) mass is 308 g/mol. The summed E-state index contributed by atoms with van der Waals surface area (Å²) in [5, 5.41) is 18.0. The Labute approximate surface area is 125 Å². The van der Waals surface area contributed by atoms with Crippen LogP contribution in [0.15, 0.2) is 23.1 Å². The van der Waals surface area contributed by atoms with Gasteiger partial charge in [0.2, 0.25) is 10.0 Å². The van der Waals surface area contributed by atoms with Gasteiger partial charge < -0.3 is 5.11 Å². The predicted octanol–water partition coefficient (Wildman–Crippen LogP) is 1.70. The van der Waals surface area contributed by atoms with E-state index in [0.29, 0.717) is 11.1 Å². The van der Waals surface area contributed by atoms with Gasteiger partial charge in [-0.25, -0.2) is 13.1 Å². The second-order valence-corrected chi connectivity index (χ2v) is 7.30. The van der Waals surface area contributed by atoms with Crippen LogP contribution in [0.1, 0.15) is 36.8 Å². The topological polar surface area (TPSA) is 90.2 Å². The lowest BCUT2D eigenvalue weighted by molar-refractivity contribution is 0.180. The maximum absolute atomic E-state index is 12.5. The molecule has 0 radical (unpaired) electrons. The van der Waals surface area contributed by atoms with Crippen LogP contribution in [0.5, 0.6) is 0 Å². The maximum Gasteiger partial charge on any atom is 0.241 e. The van der Waals surface area contributed by atoms with Crippen molar-refractivity contribution in [1.29, 1.82) is 5.26 Å². The van der Waals surface area contributed by atoms with E-state index in [2.05, 4.69) is 4.72 Å². The Kier molecular flexibility index (Phi) is 4.99. The van der Waals surface area contributed by atoms with E-state index in [4.69, 9.17) is 10.4 Å². The van der Waals surface area contributed by atoms with Gasteiger partial charge in [-0.2, -0.15) is 5.26 Å². The van der Waals surface area contributed by atoms with Crippen LogP contribution < -0.4 is 4.72 Å². The van der Waals surface area contributed by atoms with Crippen LogP contribution in [0.25, 0.3) is 0 Å². The molecule has 0 bridgehead atoms. The molecule has 5 nitrogen and oxygen atoms in total. The molecular weight excluding hydrogens is 288 g/mol. The van der Waals surface area contributed by atoms with Crippen molar-refractivity contribution in [3.63, 3.8) is 0 Å². The van der Waals surface area contributed by atoms with Crippen LogP contribution >= 0.6 is 0 Å². The summed E-state index contributed by atoms with van der Waals surface area (Å²) in [5.41, 5.74) is 0.968. The van der Waals surface area contributed by atoms with Crippen LogP contribution in [-0.2, 0) is 10.0 Å². The zero-order chi connectivity index (χ0) is 15.5. The fraction of sp³-hybridized carbons (Fsp3) is 0.533. The van der Waals surface area contributed by atoms with Crippen LogP contribution in [-0.4, -0.2) is 26.2 Å². The van der Waals surface area contributed by atoms with Crippen LogP contribution in [0, 0.1) is 24.2 Å². The highest BCUT2D eigenvalue weighted by molar-refractivity contribution is 7.89. The van der Waals surface area contributed by atoms with Crippen molar-refractivity contribution >= 4 is 10.0 Å². The van der Waals surface area contributed by atoms with Gasteiger partial charge in [-0.15, -0.1) is 0 Å². The molecule has 114 valence electrons. The number of sulfonamides is 1. The van der Waals surface area contributed by atoms with Crippen LogP contribution in [0.4, 0.5) is 0 Å². The average Bonchev–Trinajstić information content (AvgIpc) is 2.48. The first-order valence-electron chi connectivity index (χ1n) is 7.10. The second-order valence-electron chi connectivity index (χ2n) is 5.61. The molecule has 1 aromatic carbocycles. The van der Waals surface area contributed by atoms with Gasteiger partial charge in [-0.1, -0.05) is 6.07 Å². The number of benzene rings is 1. The second kappa shape index (κ2) is 6.56. The Morgan fingerprint density at radius 2 is 2.00 bits per heavy atom. The van der Waals surface area contributed by atoms with Crippen molar-refractivity contribution in [2.45, 2.75) is 43.5 Å². The van der Waals surface area contributed by atoms with Gasteiger partial charge in [0, 0.05) is 12.6 Å². The van der Waals surface area contributed by atoms with Gasteiger partial charge in [-0.05, 0) is 56.2 Å². The molecule has 1 aliphatic carbocycles. The van der Waals surface area contributed by atoms with Crippen molar-refractivity contribution in [2.75, 3.05) is 6.61 Å². The summed E-state index contributed by atoms with van der Waals surface area (Å²) in [7, 11) is -3.61. The summed E-state index contributed by atoms with van der Waals surface area (Å²) in [4.78, 5) is 0.172. The number of rotatable bonds is 4. The summed E-state index contributed by atoms with van der Waals surface area (Å²) in [6.07, 6.45) is 3.14. The molecule has 0 unspecified atom stereocenters. The highest BCUT2D eigenvalue weighted by Gasteiger charge is 2.26. The number of aliphatic hydroxyl groups excluding tert-OH is 1. The fourth-order valence-corrected chi connectivity index (χ4v) is 4.28. The predicted molar refractivity (Wildman–Crippen MR) is 79.0 cm³/mol. The van der Waals surface area contributed by atoms with E-state index in [1.807, 2.05) is 6.07 Å². The van der Waals surface area contributed by atoms with Gasteiger partial charge in [0.05, 0.1) is 16.5 Å². The third kappa shape index (κ3) is 3.82. The Morgan fingerprint density at radius 1 is 1.33 bits per heavy atom. The van der Waals surface area contributed by atoms with Crippen molar-refractivity contribution in [3.05, 3.63) is 29.3 Å². The number of hydrogen-bond donors (Lipinski definition) is 2. The zero-order valence-corrected chi connectivity index (χ0v) is 12.9. The molecule has 2 N–H and O–H groups in total. The number of aliphatic hydroxyl groups is 1. The molecule has 0 amide bonds. The number of nitrogens with one attached hydrogen (secondary N) is 1. The van der Waals surface area contributed by atoms with Crippen LogP contribution in [0.2, 0.25) is 0 Å². The Balaban J connectivity index is 2.14. The van der Waals surface area contributed by atoms with Crippen molar-refractivity contribution in [3.8, 4) is 6.07 Å². The maximum atomic E-state index is 12.5. The van der Waals surface area contributed by atoms with Gasteiger partial charge in [0.25, 0.3) is 0 Å². The molecule has 0 spiro atoms. The molecule has 21 heavy (non-hydrogen) atoms. The minimum absolute atomic E-state index is 0.0945. The Morgan fingerprint density at radius 3 is 2.57 bits per heavy atom. The lowest BCUT2D eigenvalue weighted by Crippen LogP contribution is -2.38. The van der Waals surface area contributed by atoms with E-state index in [1.54, 1.807) is 19.1 Å². The quantitative estimate of drug-likeness (QED) is 0.885. The SMILES string of the molecule is Cc1ccc(C#N)cc1S(=O)(=O)NC1CCC(CO)CC1. The standard InChI is InChI=1S/C15H20N2O3S/c1-11-2-3-13(9-16)8-15(11)21(19,20)17-14-6-4-12(10-18)5-7-14/h2-3,8,12,14,17-18H,4-7,10H2,1H3. The number of hydrogen-bond acceptors (Lipinski definition) is 4. The molecule has 6 heteroatoms. The summed E-state index contributed by atoms with van der Waals surface area (Å²) in [6.45, 7) is 1.89. The van der Waals surface area contributed by atoms with Gasteiger partial charge >= 0.3 is 0 Å². The molecule has 1 fully saturated rings. The smallest absolute Gasteiger partial charge is 0.241 e. The summed E-state index contributed by atoms with van der Waals surface area (Å²) >= 11 is 0. The third-order valence-corrected chi connectivity index (χ3v) is 5.70. The first-order valence-corrected chi connectivity index (χ1v) is 8.58. The van der Waals surface area contributed by atoms with E-state index in [9.17, 15) is 8.42 Å². The minimum atomic E-state index is -3.61. The lowest BCUT2D eigenvalue weighted by atomic mass is 9.87. The van der Waals surface area contributed by atoms with Crippen LogP contribution in [0.3, 0.4) is 0 Å². The van der Waals surface area contributed by atoms with E-state index in [1.165, 1.54) is 6.07 Å². The first kappa shape index (κ1) is 16.0. The van der Waals surface area contributed by atoms with E-state index < -0.39 is 10.0 Å². The number of nitriles is 1. The molecule has 0 atom stereocenters. The molecule has 2 rings (SSSR count). The highest BCUT2D eigenvalue weighted by Crippen LogP contribution is 2.25. The molecule has 1 aliphatic rings. The normalized spacial score (nSPS) is 22.7. The summed E-state index contributed by atoms with van der Waals surface area (Å²) in [6, 6.07) is 6.54. The molecule has 0 aliphatic heterocycles. The van der Waals surface area contributed by atoms with Crippen molar-refractivity contribution in [2.24, 2.45) is 5.92 Å². The van der Waals surface area contributed by atoms with E-state index >= 15 is 0 Å². The number of aryl methyl sites for hydroxylation is 1. The molecule has 0 aromatic heterocycles. The third-order valence-electron chi connectivity index (χ3n) is 4.03. The summed E-state index contributed by atoms with van der Waals surface area (Å²) in [5.74, 6) is 0.286. The number of nitrogens with zero attached hydrogens (tertiary/aromatic N) is 1. The Bertz CT molecular complexity index is 641. The zero-order valence-electron chi connectivity index (χ0n) is 12.0. The van der Waals surface area contributed by atoms with E-state index in [0.717, 1.165) is 25.7 Å². The minimum Gasteiger partial charge on any atom is -0.396 e. The lowest BCUT2D eigenvalue weighted by Gasteiger charge is -2.28. The molecule has 0 heterocycles. The van der Waals surface area contributed by atoms with Crippen molar-refractivity contribution < 1.29 is 13.5 Å². The first-order chi connectivity index (χ1) is 9.96. The van der Waals surface area contributed by atoms with Crippen molar-refractivity contribution in [1.82, 2.24) is 4.72 Å². The molecule has 1 saturated carbocycles. The molecular formula is C15H20N2O3S. The van der Waals surface area contributed by atoms with Gasteiger partial charge in [-0.3, -0.25) is 0 Å². The fourth-order valence-electron chi connectivity index (χ4n) is 2.70. The molecule has 0 saturated heterocycles. The largest absolute Gasteiger partial charge is 0.396 e. The highest BCUT2D eigenvalue weighted by atomic mass is 32.2. The van der Waals surface area contributed by atoms with Gasteiger partial charge in [0.1, 0.15) is 0 Å². The molecule has 1 aromatic rings. The Hall–Kier alpha value is -1.42. The van der Waals surface area contributed by atoms with Gasteiger partial charge in [0.15, 0.2) is 0 Å². The van der Waals surface area contributed by atoms with E-state index in [-0.39, 0.29) is 23.5 Å².